The van der Waals surface area contributed by atoms with Crippen LogP contribution in [-0.2, 0) is 39.8 Å². The summed E-state index contributed by atoms with van der Waals surface area (Å²) in [7, 11) is 0. The zero-order valence-electron chi connectivity index (χ0n) is 25.1. The molecule has 1 aliphatic heterocycles. The second-order valence-electron chi connectivity index (χ2n) is 10.7. The molecule has 0 bridgehead atoms. The lowest BCUT2D eigenvalue weighted by molar-refractivity contribution is -0.182. The molecule has 0 aliphatic carbocycles. The number of Topliss-reactive ketones (excluding diaryl/α,β-unsaturated/α-hetero) is 1. The van der Waals surface area contributed by atoms with E-state index in [4.69, 9.17) is 37.0 Å². The van der Waals surface area contributed by atoms with Crippen LogP contribution < -0.4 is 0 Å². The minimum atomic E-state index is -1.98. The molecule has 13 heteroatoms. The Labute approximate surface area is 268 Å². The fourth-order valence-electron chi connectivity index (χ4n) is 5.38. The minimum Gasteiger partial charge on any atom is -0.463 e. The number of carbonyl (C=O) groups is 3. The number of benzene rings is 1. The number of esters is 2. The number of aromatic nitrogens is 4. The highest BCUT2D eigenvalue weighted by Gasteiger charge is 2.58. The van der Waals surface area contributed by atoms with Gasteiger partial charge >= 0.3 is 11.9 Å². The van der Waals surface area contributed by atoms with Crippen LogP contribution in [0.5, 0.6) is 0 Å². The SMILES string of the molecule is C#C[C@@]1(C)[C@@H](COC(Cc2ccccc2)(C(C)=O)C(=O)OCC)O[C@@H](n2cnc3c(-c4cccs4)nc(Cl)nc32)[C@@H]1OC(C)=O. The minimum absolute atomic E-state index is 0.0177. The molecule has 1 aromatic carbocycles. The van der Waals surface area contributed by atoms with Gasteiger partial charge in [-0.05, 0) is 49.4 Å². The van der Waals surface area contributed by atoms with Crippen molar-refractivity contribution in [1.29, 1.82) is 0 Å². The molecule has 0 radical (unpaired) electrons. The van der Waals surface area contributed by atoms with Crippen molar-refractivity contribution in [3.05, 3.63) is 65.0 Å². The van der Waals surface area contributed by atoms with Crippen molar-refractivity contribution in [2.75, 3.05) is 13.2 Å². The molecule has 0 amide bonds. The number of rotatable bonds is 11. The van der Waals surface area contributed by atoms with Crippen LogP contribution in [0.3, 0.4) is 0 Å². The Hall–Kier alpha value is -4.15. The number of imidazole rings is 1. The zero-order valence-corrected chi connectivity index (χ0v) is 26.6. The summed E-state index contributed by atoms with van der Waals surface area (Å²) in [6.45, 7) is 5.58. The third kappa shape index (κ3) is 6.09. The first-order valence-electron chi connectivity index (χ1n) is 14.1. The number of carbonyl (C=O) groups excluding carboxylic acids is 3. The van der Waals surface area contributed by atoms with E-state index in [1.165, 1.54) is 31.5 Å². The fraction of sp³-hybridized carbons (Fsp3) is 0.375. The summed E-state index contributed by atoms with van der Waals surface area (Å²) in [6, 6.07) is 12.8. The van der Waals surface area contributed by atoms with Gasteiger partial charge in [0.05, 0.1) is 29.8 Å². The van der Waals surface area contributed by atoms with Crippen molar-refractivity contribution in [3.63, 3.8) is 0 Å². The number of ketones is 1. The predicted octanol–water partition coefficient (Wildman–Crippen LogP) is 4.83. The summed E-state index contributed by atoms with van der Waals surface area (Å²) in [5.41, 5.74) is -1.27. The molecule has 0 N–H and O–H groups in total. The molecule has 3 aromatic heterocycles. The molecule has 45 heavy (non-hydrogen) atoms. The maximum Gasteiger partial charge on any atom is 0.346 e. The molecule has 1 saturated heterocycles. The largest absolute Gasteiger partial charge is 0.463 e. The Morgan fingerprint density at radius 1 is 1.18 bits per heavy atom. The highest BCUT2D eigenvalue weighted by molar-refractivity contribution is 7.13. The number of hydrogen-bond donors (Lipinski definition) is 0. The average molecular weight is 651 g/mol. The summed E-state index contributed by atoms with van der Waals surface area (Å²) in [6.07, 6.45) is 4.46. The van der Waals surface area contributed by atoms with E-state index in [1.54, 1.807) is 42.7 Å². The van der Waals surface area contributed by atoms with Gasteiger partial charge in [0.25, 0.3) is 0 Å². The monoisotopic (exact) mass is 650 g/mol. The summed E-state index contributed by atoms with van der Waals surface area (Å²) < 4.78 is 25.4. The van der Waals surface area contributed by atoms with Gasteiger partial charge in [-0.1, -0.05) is 42.3 Å². The van der Waals surface area contributed by atoms with Crippen LogP contribution in [0.25, 0.3) is 21.7 Å². The number of terminal acetylenes is 1. The van der Waals surface area contributed by atoms with Gasteiger partial charge in [-0.15, -0.1) is 17.8 Å². The van der Waals surface area contributed by atoms with Crippen LogP contribution in [0.4, 0.5) is 0 Å². The molecule has 5 atom stereocenters. The second-order valence-corrected chi connectivity index (χ2v) is 12.0. The maximum absolute atomic E-state index is 13.4. The van der Waals surface area contributed by atoms with Crippen LogP contribution in [0, 0.1) is 17.8 Å². The quantitative estimate of drug-likeness (QED) is 0.0963. The molecular formula is C32H31ClN4O7S. The van der Waals surface area contributed by atoms with Crippen LogP contribution in [0.2, 0.25) is 5.28 Å². The van der Waals surface area contributed by atoms with Gasteiger partial charge in [-0.3, -0.25) is 14.2 Å². The number of ether oxygens (including phenoxy) is 4. The molecule has 5 rings (SSSR count). The fourth-order valence-corrected chi connectivity index (χ4v) is 6.26. The molecule has 1 unspecified atom stereocenters. The lowest BCUT2D eigenvalue weighted by atomic mass is 9.81. The number of nitrogens with zero attached hydrogens (tertiary/aromatic N) is 4. The normalized spacial score (nSPS) is 22.4. The predicted molar refractivity (Wildman–Crippen MR) is 166 cm³/mol. The summed E-state index contributed by atoms with van der Waals surface area (Å²) in [4.78, 5) is 53.1. The van der Waals surface area contributed by atoms with E-state index in [0.29, 0.717) is 22.4 Å². The van der Waals surface area contributed by atoms with E-state index < -0.39 is 47.2 Å². The Kier molecular flexibility index (Phi) is 9.36. The van der Waals surface area contributed by atoms with Crippen molar-refractivity contribution >= 4 is 51.8 Å². The van der Waals surface area contributed by atoms with Gasteiger partial charge in [-0.2, -0.15) is 4.98 Å². The van der Waals surface area contributed by atoms with E-state index in [1.807, 2.05) is 23.6 Å². The summed E-state index contributed by atoms with van der Waals surface area (Å²) in [5.74, 6) is 0.750. The van der Waals surface area contributed by atoms with Gasteiger partial charge < -0.3 is 18.9 Å². The van der Waals surface area contributed by atoms with Crippen LogP contribution >= 0.6 is 22.9 Å². The first-order chi connectivity index (χ1) is 21.5. The van der Waals surface area contributed by atoms with Crippen molar-refractivity contribution < 1.29 is 33.3 Å². The van der Waals surface area contributed by atoms with E-state index >= 15 is 0 Å². The first kappa shape index (κ1) is 32.2. The Morgan fingerprint density at radius 2 is 1.93 bits per heavy atom. The molecule has 11 nitrogen and oxygen atoms in total. The van der Waals surface area contributed by atoms with Crippen molar-refractivity contribution in [2.24, 2.45) is 5.41 Å². The molecule has 1 fully saturated rings. The van der Waals surface area contributed by atoms with Gasteiger partial charge in [0.1, 0.15) is 17.3 Å². The highest BCUT2D eigenvalue weighted by atomic mass is 35.5. The number of hydrogen-bond acceptors (Lipinski definition) is 11. The van der Waals surface area contributed by atoms with Crippen LogP contribution in [0.1, 0.15) is 39.5 Å². The highest BCUT2D eigenvalue weighted by Crippen LogP contribution is 2.47. The third-order valence-corrected chi connectivity index (χ3v) is 8.85. The Balaban J connectivity index is 1.55. The van der Waals surface area contributed by atoms with Gasteiger partial charge in [0.15, 0.2) is 23.8 Å². The summed E-state index contributed by atoms with van der Waals surface area (Å²) in [5, 5.41) is 1.89. The van der Waals surface area contributed by atoms with E-state index in [-0.39, 0.29) is 24.9 Å². The number of halogens is 1. The maximum atomic E-state index is 13.4. The zero-order chi connectivity index (χ0) is 32.4. The van der Waals surface area contributed by atoms with Crippen molar-refractivity contribution in [3.8, 4) is 22.9 Å². The second kappa shape index (κ2) is 13.1. The number of fused-ring (bicyclic) bond motifs is 1. The third-order valence-electron chi connectivity index (χ3n) is 7.80. The average Bonchev–Trinajstić information content (AvgIpc) is 3.75. The number of thiophene rings is 1. The first-order valence-corrected chi connectivity index (χ1v) is 15.4. The molecule has 1 aliphatic rings. The topological polar surface area (TPSA) is 132 Å². The standard InChI is InChI=1S/C32H31ClN4O7S/c1-6-31(5)23(17-42-32(19(3)38,29(40)41-7-2)16-21-12-9-8-10-13-21)44-28(26(31)43-20(4)39)37-18-34-25-24(22-14-11-15-45-22)35-30(33)36-27(25)37/h1,8-15,18,23,26,28H,7,16-17H2,2-5H3/t23-,26+,28-,31+,32?/m1/s1. The van der Waals surface area contributed by atoms with Gasteiger partial charge in [0, 0.05) is 13.3 Å². The van der Waals surface area contributed by atoms with E-state index in [0.717, 1.165) is 4.88 Å². The van der Waals surface area contributed by atoms with Gasteiger partial charge in [-0.25, -0.2) is 14.8 Å². The smallest absolute Gasteiger partial charge is 0.346 e. The Bertz CT molecular complexity index is 1760. The van der Waals surface area contributed by atoms with E-state index in [9.17, 15) is 14.4 Å². The van der Waals surface area contributed by atoms with Crippen molar-refractivity contribution in [2.45, 2.75) is 58.2 Å². The molecule has 4 heterocycles. The summed E-state index contributed by atoms with van der Waals surface area (Å²) >= 11 is 7.81. The van der Waals surface area contributed by atoms with Gasteiger partial charge in [0.2, 0.25) is 10.9 Å². The lowest BCUT2D eigenvalue weighted by Gasteiger charge is -2.33. The Morgan fingerprint density at radius 3 is 2.56 bits per heavy atom. The molecule has 0 saturated carbocycles. The lowest BCUT2D eigenvalue weighted by Crippen LogP contribution is -2.53. The van der Waals surface area contributed by atoms with Crippen molar-refractivity contribution in [1.82, 2.24) is 19.5 Å². The van der Waals surface area contributed by atoms with Crippen LogP contribution in [0.15, 0.2) is 54.2 Å². The molecule has 0 spiro atoms. The van der Waals surface area contributed by atoms with Crippen LogP contribution in [-0.4, -0.2) is 68.3 Å². The molecule has 234 valence electrons. The van der Waals surface area contributed by atoms with E-state index in [2.05, 4.69) is 20.9 Å². The molecule has 4 aromatic rings. The molecular weight excluding hydrogens is 620 g/mol.